The third-order valence-corrected chi connectivity index (χ3v) is 4.96. The van der Waals surface area contributed by atoms with E-state index in [4.69, 9.17) is 21.1 Å². The Balaban J connectivity index is 1.42. The lowest BCUT2D eigenvalue weighted by atomic mass is 10.2. The molecule has 0 fully saturated rings. The monoisotopic (exact) mass is 415 g/mol. The van der Waals surface area contributed by atoms with Crippen molar-refractivity contribution in [2.24, 2.45) is 0 Å². The highest BCUT2D eigenvalue weighted by atomic mass is 35.5. The lowest BCUT2D eigenvalue weighted by Crippen LogP contribution is -2.36. The molecule has 0 radical (unpaired) electrons. The van der Waals surface area contributed by atoms with Crippen LogP contribution in [0.4, 0.5) is 10.2 Å². The molecular formula is C21H19ClFN3O3. The molecular weight excluding hydrogens is 397 g/mol. The van der Waals surface area contributed by atoms with Crippen LogP contribution in [-0.2, 0) is 13.2 Å². The van der Waals surface area contributed by atoms with Gasteiger partial charge in [0.1, 0.15) is 29.7 Å². The van der Waals surface area contributed by atoms with E-state index in [2.05, 4.69) is 4.98 Å². The van der Waals surface area contributed by atoms with E-state index in [1.807, 2.05) is 24.1 Å². The zero-order valence-electron chi connectivity index (χ0n) is 15.8. The highest BCUT2D eigenvalue weighted by Crippen LogP contribution is 2.26. The quantitative estimate of drug-likeness (QED) is 0.623. The van der Waals surface area contributed by atoms with Gasteiger partial charge in [0, 0.05) is 32.3 Å². The Labute approximate surface area is 172 Å². The van der Waals surface area contributed by atoms with Crippen LogP contribution in [0.2, 0.25) is 5.02 Å². The van der Waals surface area contributed by atoms with Crippen LogP contribution < -0.4 is 20.1 Å². The van der Waals surface area contributed by atoms with E-state index in [-0.39, 0.29) is 17.3 Å². The van der Waals surface area contributed by atoms with Gasteiger partial charge in [0.25, 0.3) is 0 Å². The molecule has 1 aliphatic rings. The van der Waals surface area contributed by atoms with Crippen molar-refractivity contribution in [3.05, 3.63) is 75.4 Å². The fourth-order valence-electron chi connectivity index (χ4n) is 3.14. The number of anilines is 1. The molecule has 150 valence electrons. The van der Waals surface area contributed by atoms with Crippen molar-refractivity contribution < 1.29 is 13.9 Å². The van der Waals surface area contributed by atoms with Crippen LogP contribution in [0.15, 0.2) is 53.3 Å². The molecule has 0 spiro atoms. The number of hydrogen-bond acceptors (Lipinski definition) is 5. The maximum Gasteiger partial charge on any atom is 0.352 e. The van der Waals surface area contributed by atoms with Crippen LogP contribution in [0.3, 0.4) is 0 Å². The van der Waals surface area contributed by atoms with Crippen LogP contribution in [0, 0.1) is 5.82 Å². The summed E-state index contributed by atoms with van der Waals surface area (Å²) in [6, 6.07) is 13.2. The van der Waals surface area contributed by atoms with E-state index in [1.165, 1.54) is 18.2 Å². The van der Waals surface area contributed by atoms with Gasteiger partial charge in [-0.2, -0.15) is 4.98 Å². The van der Waals surface area contributed by atoms with Gasteiger partial charge in [0.2, 0.25) is 5.88 Å². The molecule has 0 atom stereocenters. The number of ether oxygens (including phenoxy) is 2. The maximum absolute atomic E-state index is 13.2. The van der Waals surface area contributed by atoms with E-state index >= 15 is 0 Å². The average Bonchev–Trinajstić information content (AvgIpc) is 2.71. The molecule has 0 amide bonds. The first-order valence-corrected chi connectivity index (χ1v) is 9.55. The molecule has 0 unspecified atom stereocenters. The largest absolute Gasteiger partial charge is 0.473 e. The lowest BCUT2D eigenvalue weighted by Gasteiger charge is -2.28. The highest BCUT2D eigenvalue weighted by molar-refractivity contribution is 6.30. The van der Waals surface area contributed by atoms with Crippen molar-refractivity contribution in [1.29, 1.82) is 0 Å². The summed E-state index contributed by atoms with van der Waals surface area (Å²) in [6.07, 6.45) is 0.920. The SMILES string of the molecule is CN1CCCn2c1cc(OCc1ccc(Oc3ccc(F)c(Cl)c3)cc1)nc2=O. The van der Waals surface area contributed by atoms with Crippen LogP contribution >= 0.6 is 11.6 Å². The summed E-state index contributed by atoms with van der Waals surface area (Å²) in [5, 5.41) is 0.00613. The summed E-state index contributed by atoms with van der Waals surface area (Å²) in [6.45, 7) is 1.83. The molecule has 1 aliphatic heterocycles. The Morgan fingerprint density at radius 3 is 2.62 bits per heavy atom. The predicted molar refractivity (Wildman–Crippen MR) is 109 cm³/mol. The Hall–Kier alpha value is -3.06. The van der Waals surface area contributed by atoms with Crippen LogP contribution in [-0.4, -0.2) is 23.1 Å². The Morgan fingerprint density at radius 2 is 1.86 bits per heavy atom. The van der Waals surface area contributed by atoms with Crippen LogP contribution in [0.5, 0.6) is 17.4 Å². The lowest BCUT2D eigenvalue weighted by molar-refractivity contribution is 0.290. The summed E-state index contributed by atoms with van der Waals surface area (Å²) < 4.78 is 26.3. The molecule has 1 aromatic heterocycles. The van der Waals surface area contributed by atoms with Gasteiger partial charge in [-0.25, -0.2) is 9.18 Å². The fraction of sp³-hybridized carbons (Fsp3) is 0.238. The van der Waals surface area contributed by atoms with E-state index < -0.39 is 5.82 Å². The second kappa shape index (κ2) is 8.13. The number of halogens is 2. The maximum atomic E-state index is 13.2. The zero-order chi connectivity index (χ0) is 20.4. The van der Waals surface area contributed by atoms with Crippen LogP contribution in [0.25, 0.3) is 0 Å². The molecule has 2 aromatic carbocycles. The number of nitrogens with zero attached hydrogens (tertiary/aromatic N) is 3. The molecule has 29 heavy (non-hydrogen) atoms. The normalized spacial score (nSPS) is 13.1. The second-order valence-electron chi connectivity index (χ2n) is 6.77. The molecule has 2 heterocycles. The Morgan fingerprint density at radius 1 is 1.10 bits per heavy atom. The van der Waals surface area contributed by atoms with E-state index in [0.29, 0.717) is 23.9 Å². The number of hydrogen-bond donors (Lipinski definition) is 0. The van der Waals surface area contributed by atoms with Gasteiger partial charge in [0.05, 0.1) is 5.02 Å². The fourth-order valence-corrected chi connectivity index (χ4v) is 3.31. The van der Waals surface area contributed by atoms with Crippen molar-refractivity contribution in [1.82, 2.24) is 9.55 Å². The molecule has 6 nitrogen and oxygen atoms in total. The minimum Gasteiger partial charge on any atom is -0.473 e. The molecule has 3 aromatic rings. The molecule has 0 bridgehead atoms. The van der Waals surface area contributed by atoms with Gasteiger partial charge in [0.15, 0.2) is 0 Å². The van der Waals surface area contributed by atoms with E-state index in [0.717, 1.165) is 24.3 Å². The molecule has 8 heteroatoms. The third kappa shape index (κ3) is 4.35. The average molecular weight is 416 g/mol. The first kappa shape index (κ1) is 19.3. The first-order valence-electron chi connectivity index (χ1n) is 9.17. The van der Waals surface area contributed by atoms with Gasteiger partial charge < -0.3 is 14.4 Å². The molecule has 0 N–H and O–H groups in total. The second-order valence-corrected chi connectivity index (χ2v) is 7.18. The molecule has 4 rings (SSSR count). The van der Waals surface area contributed by atoms with Crippen LogP contribution in [0.1, 0.15) is 12.0 Å². The first-order chi connectivity index (χ1) is 14.0. The summed E-state index contributed by atoms with van der Waals surface area (Å²) in [4.78, 5) is 18.2. The van der Waals surface area contributed by atoms with Crippen molar-refractivity contribution >= 4 is 17.4 Å². The minimum absolute atomic E-state index is 0.00613. The summed E-state index contributed by atoms with van der Waals surface area (Å²) in [5.74, 6) is 1.66. The topological polar surface area (TPSA) is 56.6 Å². The zero-order valence-corrected chi connectivity index (χ0v) is 16.5. The van der Waals surface area contributed by atoms with Crippen molar-refractivity contribution in [2.75, 3.05) is 18.5 Å². The standard InChI is InChI=1S/C21H19ClFN3O3/c1-25-9-2-10-26-20(25)12-19(24-21(26)27)28-13-14-3-5-15(6-4-14)29-16-7-8-18(23)17(22)11-16/h3-8,11-12H,2,9-10,13H2,1H3. The molecule has 0 aliphatic carbocycles. The van der Waals surface area contributed by atoms with Gasteiger partial charge in [-0.3, -0.25) is 4.57 Å². The summed E-state index contributed by atoms with van der Waals surface area (Å²) in [7, 11) is 1.95. The summed E-state index contributed by atoms with van der Waals surface area (Å²) >= 11 is 5.76. The predicted octanol–water partition coefficient (Wildman–Crippen LogP) is 4.25. The minimum atomic E-state index is -0.492. The Bertz CT molecular complexity index is 1090. The number of rotatable bonds is 5. The molecule has 0 saturated heterocycles. The number of benzene rings is 2. The smallest absolute Gasteiger partial charge is 0.352 e. The molecule has 0 saturated carbocycles. The van der Waals surface area contributed by atoms with E-state index in [9.17, 15) is 9.18 Å². The van der Waals surface area contributed by atoms with Crippen molar-refractivity contribution in [2.45, 2.75) is 19.6 Å². The van der Waals surface area contributed by atoms with Gasteiger partial charge >= 0.3 is 5.69 Å². The third-order valence-electron chi connectivity index (χ3n) is 4.67. The van der Waals surface area contributed by atoms with Gasteiger partial charge in [-0.05, 0) is 36.2 Å². The Kier molecular flexibility index (Phi) is 5.40. The van der Waals surface area contributed by atoms with Crippen molar-refractivity contribution in [3.63, 3.8) is 0 Å². The van der Waals surface area contributed by atoms with E-state index in [1.54, 1.807) is 22.8 Å². The number of fused-ring (bicyclic) bond motifs is 1. The number of aromatic nitrogens is 2. The van der Waals surface area contributed by atoms with Gasteiger partial charge in [-0.15, -0.1) is 0 Å². The summed E-state index contributed by atoms with van der Waals surface area (Å²) in [5.41, 5.74) is 0.591. The van der Waals surface area contributed by atoms with Crippen molar-refractivity contribution in [3.8, 4) is 17.4 Å². The van der Waals surface area contributed by atoms with Gasteiger partial charge in [-0.1, -0.05) is 23.7 Å². The highest BCUT2D eigenvalue weighted by Gasteiger charge is 2.17.